The Kier molecular flexibility index (Phi) is 3.95. The zero-order chi connectivity index (χ0) is 14.4. The van der Waals surface area contributed by atoms with Crippen molar-refractivity contribution < 1.29 is 9.34 Å². The molecular formula is C11H2N5O3-. The van der Waals surface area contributed by atoms with E-state index in [4.69, 9.17) is 25.6 Å². The molecule has 19 heavy (non-hydrogen) atoms. The zero-order valence-electron chi connectivity index (χ0n) is 9.12. The van der Waals surface area contributed by atoms with Gasteiger partial charge in [-0.05, 0) is 6.07 Å². The number of furan rings is 1. The van der Waals surface area contributed by atoms with Crippen LogP contribution in [0.2, 0.25) is 0 Å². The summed E-state index contributed by atoms with van der Waals surface area (Å²) < 4.78 is 4.79. The molecule has 1 heterocycles. The van der Waals surface area contributed by atoms with Gasteiger partial charge in [-0.25, -0.2) is 5.87 Å². The van der Waals surface area contributed by atoms with Gasteiger partial charge < -0.3 is 9.83 Å². The summed E-state index contributed by atoms with van der Waals surface area (Å²) in [6.45, 7) is 0. The van der Waals surface area contributed by atoms with Crippen molar-refractivity contribution in [2.45, 2.75) is 0 Å². The van der Waals surface area contributed by atoms with Crippen molar-refractivity contribution >= 4 is 17.3 Å². The minimum Gasteiger partial charge on any atom is -0.762 e. The van der Waals surface area contributed by atoms with Gasteiger partial charge in [0, 0.05) is 0 Å². The second-order valence-corrected chi connectivity index (χ2v) is 2.97. The number of hydrogen-bond donors (Lipinski definition) is 0. The third kappa shape index (κ3) is 2.54. The van der Waals surface area contributed by atoms with Crippen LogP contribution in [-0.4, -0.2) is 10.8 Å². The van der Waals surface area contributed by atoms with Gasteiger partial charge >= 0.3 is 5.88 Å². The number of nitriles is 3. The average Bonchev–Trinajstić information content (AvgIpc) is 2.88. The number of hydrogen-bond acceptors (Lipinski definition) is 6. The molecule has 0 saturated heterocycles. The summed E-state index contributed by atoms with van der Waals surface area (Å²) in [6, 6.07) is 6.61. The van der Waals surface area contributed by atoms with Crippen LogP contribution in [0.15, 0.2) is 27.7 Å². The third-order valence-corrected chi connectivity index (χ3v) is 1.97. The molecule has 0 N–H and O–H groups in total. The van der Waals surface area contributed by atoms with Crippen molar-refractivity contribution in [1.29, 1.82) is 15.8 Å². The fraction of sp³-hybridized carbons (Fsp3) is 0. The van der Waals surface area contributed by atoms with E-state index in [1.54, 1.807) is 0 Å². The highest BCUT2D eigenvalue weighted by atomic mass is 16.6. The van der Waals surface area contributed by atoms with E-state index in [0.717, 1.165) is 12.1 Å². The highest BCUT2D eigenvalue weighted by Gasteiger charge is 2.20. The van der Waals surface area contributed by atoms with Crippen molar-refractivity contribution in [3.05, 3.63) is 44.6 Å². The monoisotopic (exact) mass is 252 g/mol. The van der Waals surface area contributed by atoms with Gasteiger partial charge in [-0.1, -0.05) is 0 Å². The Labute approximate surface area is 106 Å². The SMILES string of the molecule is N#CC(=C=[N-])C(=C(C#N)C#N)c1ccc([N+](=O)[O-])o1. The fourth-order valence-electron chi connectivity index (χ4n) is 1.21. The van der Waals surface area contributed by atoms with Gasteiger partial charge in [0.05, 0.1) is 17.2 Å². The molecule has 0 aliphatic heterocycles. The molecule has 0 aromatic carbocycles. The number of nitrogens with zero attached hydrogens (tertiary/aromatic N) is 5. The van der Waals surface area contributed by atoms with Gasteiger partial charge in [-0.15, -0.1) is 0 Å². The maximum absolute atomic E-state index is 10.5. The minimum absolute atomic E-state index is 0.261. The highest BCUT2D eigenvalue weighted by molar-refractivity contribution is 5.96. The third-order valence-electron chi connectivity index (χ3n) is 1.97. The lowest BCUT2D eigenvalue weighted by Crippen LogP contribution is -1.92. The Balaban J connectivity index is 3.61. The molecule has 0 fully saturated rings. The second kappa shape index (κ2) is 5.60. The molecule has 0 radical (unpaired) electrons. The molecule has 1 rings (SSSR count). The van der Waals surface area contributed by atoms with Crippen LogP contribution in [-0.2, 0) is 0 Å². The molecule has 1 aromatic heterocycles. The molecule has 0 bridgehead atoms. The van der Waals surface area contributed by atoms with E-state index in [0.29, 0.717) is 0 Å². The van der Waals surface area contributed by atoms with E-state index in [2.05, 4.69) is 0 Å². The summed E-state index contributed by atoms with van der Waals surface area (Å²) >= 11 is 0. The maximum atomic E-state index is 10.5. The van der Waals surface area contributed by atoms with Crippen LogP contribution >= 0.6 is 0 Å². The van der Waals surface area contributed by atoms with Gasteiger partial charge in [0.2, 0.25) is 0 Å². The molecule has 0 amide bonds. The van der Waals surface area contributed by atoms with Gasteiger partial charge in [0.25, 0.3) is 0 Å². The summed E-state index contributed by atoms with van der Waals surface area (Å²) in [4.78, 5) is 9.66. The van der Waals surface area contributed by atoms with Crippen molar-refractivity contribution in [2.75, 3.05) is 0 Å². The van der Waals surface area contributed by atoms with Crippen molar-refractivity contribution in [1.82, 2.24) is 0 Å². The standard InChI is InChI=1S/C11H2N5O3/c12-3-7(4-13)11(8(5-14)6-15)9-1-2-10(19-9)16(17)18/h1-2H/q-1. The quantitative estimate of drug-likeness (QED) is 0.262. The molecular weight excluding hydrogens is 250 g/mol. The summed E-state index contributed by atoms with van der Waals surface area (Å²) in [5.74, 6) is 0.615. The molecule has 0 saturated carbocycles. The summed E-state index contributed by atoms with van der Waals surface area (Å²) in [6.07, 6.45) is 0. The van der Waals surface area contributed by atoms with Gasteiger partial charge in [-0.3, -0.25) is 10.1 Å². The van der Waals surface area contributed by atoms with E-state index in [9.17, 15) is 10.1 Å². The molecule has 0 aliphatic rings. The van der Waals surface area contributed by atoms with E-state index in [1.165, 1.54) is 24.1 Å². The second-order valence-electron chi connectivity index (χ2n) is 2.97. The van der Waals surface area contributed by atoms with E-state index >= 15 is 0 Å². The Morgan fingerprint density at radius 3 is 2.26 bits per heavy atom. The van der Waals surface area contributed by atoms with Crippen LogP contribution in [0.3, 0.4) is 0 Å². The first kappa shape index (κ1) is 13.4. The normalized spacial score (nSPS) is 8.26. The highest BCUT2D eigenvalue weighted by Crippen LogP contribution is 2.29. The van der Waals surface area contributed by atoms with E-state index in [1.807, 2.05) is 0 Å². The van der Waals surface area contributed by atoms with Crippen LogP contribution in [0.4, 0.5) is 5.88 Å². The van der Waals surface area contributed by atoms with Gasteiger partial charge in [-0.2, -0.15) is 15.8 Å². The molecule has 8 nitrogen and oxygen atoms in total. The first-order valence-electron chi connectivity index (χ1n) is 4.55. The molecule has 0 spiro atoms. The van der Waals surface area contributed by atoms with Crippen LogP contribution in [0.5, 0.6) is 0 Å². The van der Waals surface area contributed by atoms with E-state index in [-0.39, 0.29) is 11.3 Å². The Morgan fingerprint density at radius 1 is 1.26 bits per heavy atom. The van der Waals surface area contributed by atoms with Crippen LogP contribution < -0.4 is 0 Å². The fourth-order valence-corrected chi connectivity index (χ4v) is 1.21. The largest absolute Gasteiger partial charge is 0.762 e. The molecule has 1 aromatic rings. The lowest BCUT2D eigenvalue weighted by atomic mass is 10.0. The van der Waals surface area contributed by atoms with Gasteiger partial charge in [0.1, 0.15) is 34.5 Å². The number of nitro groups is 1. The van der Waals surface area contributed by atoms with Crippen molar-refractivity contribution in [3.8, 4) is 18.2 Å². The predicted molar refractivity (Wildman–Crippen MR) is 61.0 cm³/mol. The first-order chi connectivity index (χ1) is 9.08. The minimum atomic E-state index is -0.821. The molecule has 0 atom stereocenters. The number of allylic oxidation sites excluding steroid dienone is 3. The predicted octanol–water partition coefficient (Wildman–Crippen LogP) is 1.68. The van der Waals surface area contributed by atoms with Crippen molar-refractivity contribution in [3.63, 3.8) is 0 Å². The Bertz CT molecular complexity index is 729. The Morgan fingerprint density at radius 2 is 1.89 bits per heavy atom. The molecule has 0 unspecified atom stereocenters. The zero-order valence-corrected chi connectivity index (χ0v) is 9.12. The van der Waals surface area contributed by atoms with Gasteiger partial charge in [0.15, 0.2) is 0 Å². The van der Waals surface area contributed by atoms with E-state index < -0.39 is 22.0 Å². The first-order valence-corrected chi connectivity index (χ1v) is 4.55. The Hall–Kier alpha value is -3.66. The molecule has 8 heteroatoms. The lowest BCUT2D eigenvalue weighted by molar-refractivity contribution is -0.402. The number of rotatable bonds is 3. The van der Waals surface area contributed by atoms with Crippen LogP contribution in [0, 0.1) is 44.1 Å². The molecule has 90 valence electrons. The van der Waals surface area contributed by atoms with Crippen LogP contribution in [0.1, 0.15) is 5.76 Å². The molecule has 0 aliphatic carbocycles. The average molecular weight is 252 g/mol. The van der Waals surface area contributed by atoms with Crippen molar-refractivity contribution in [2.24, 2.45) is 0 Å². The summed E-state index contributed by atoms with van der Waals surface area (Å²) in [5.41, 5.74) is -1.44. The summed E-state index contributed by atoms with van der Waals surface area (Å²) in [7, 11) is 0. The smallest absolute Gasteiger partial charge is 0.433 e. The summed E-state index contributed by atoms with van der Waals surface area (Å²) in [5, 5.41) is 45.6. The topological polar surface area (TPSA) is 150 Å². The van der Waals surface area contributed by atoms with Crippen LogP contribution in [0.25, 0.3) is 11.0 Å². The lowest BCUT2D eigenvalue weighted by Gasteiger charge is -2.00. The maximum Gasteiger partial charge on any atom is 0.433 e.